The van der Waals surface area contributed by atoms with Crippen LogP contribution in [0.4, 0.5) is 0 Å². The highest BCUT2D eigenvalue weighted by Gasteiger charge is 2.21. The predicted octanol–water partition coefficient (Wildman–Crippen LogP) is 3.72. The minimum atomic E-state index is 0.0354. The van der Waals surface area contributed by atoms with E-state index in [1.54, 1.807) is 0 Å². The van der Waals surface area contributed by atoms with Crippen molar-refractivity contribution in [2.45, 2.75) is 46.1 Å². The number of ketones is 1. The molecule has 0 N–H and O–H groups in total. The van der Waals surface area contributed by atoms with Crippen LogP contribution in [-0.4, -0.2) is 16.2 Å². The lowest BCUT2D eigenvalue weighted by Crippen LogP contribution is -2.06. The molecule has 1 heterocycles. The lowest BCUT2D eigenvalue weighted by Gasteiger charge is -2.09. The number of carbonyl (C=O) groups is 1. The maximum absolute atomic E-state index is 11.6. The van der Waals surface area contributed by atoms with Crippen molar-refractivity contribution in [1.82, 2.24) is 4.57 Å². The number of carbonyl (C=O) groups excluding carboxylic acids is 1. The Hall–Kier alpha value is -0.760. The number of Topliss-reactive ketones (excluding diaryl/α,β-unsaturated/α-hetero) is 1. The molecule has 1 aliphatic rings. The standard InChI is InChI=1S/C14H20ClNO/c1-10-8-13(14(17)9-15)11(2)16(10)7-3-4-12-5-6-12/h8,12H,3-7,9H2,1-2H3. The lowest BCUT2D eigenvalue weighted by atomic mass is 10.2. The third-order valence-corrected chi connectivity index (χ3v) is 3.93. The van der Waals surface area contributed by atoms with Crippen molar-refractivity contribution in [3.63, 3.8) is 0 Å². The van der Waals surface area contributed by atoms with Crippen LogP contribution in [-0.2, 0) is 6.54 Å². The first-order valence-electron chi connectivity index (χ1n) is 6.39. The van der Waals surface area contributed by atoms with Gasteiger partial charge in [-0.3, -0.25) is 4.79 Å². The summed E-state index contributed by atoms with van der Waals surface area (Å²) in [6.45, 7) is 5.11. The summed E-state index contributed by atoms with van der Waals surface area (Å²) in [7, 11) is 0. The fourth-order valence-corrected chi connectivity index (χ4v) is 2.59. The molecular weight excluding hydrogens is 234 g/mol. The van der Waals surface area contributed by atoms with E-state index >= 15 is 0 Å². The zero-order valence-electron chi connectivity index (χ0n) is 10.6. The van der Waals surface area contributed by atoms with E-state index < -0.39 is 0 Å². The molecular formula is C14H20ClNO. The molecule has 0 saturated heterocycles. The Labute approximate surface area is 108 Å². The molecule has 2 rings (SSSR count). The van der Waals surface area contributed by atoms with Crippen molar-refractivity contribution in [3.05, 3.63) is 23.0 Å². The second-order valence-electron chi connectivity index (χ2n) is 5.08. The first-order valence-corrected chi connectivity index (χ1v) is 6.92. The van der Waals surface area contributed by atoms with E-state index in [2.05, 4.69) is 11.5 Å². The molecule has 0 spiro atoms. The molecule has 0 bridgehead atoms. The minimum absolute atomic E-state index is 0.0354. The van der Waals surface area contributed by atoms with Gasteiger partial charge in [0.2, 0.25) is 0 Å². The molecule has 0 radical (unpaired) electrons. The number of rotatable bonds is 6. The van der Waals surface area contributed by atoms with Crippen LogP contribution in [0.15, 0.2) is 6.07 Å². The Balaban J connectivity index is 2.04. The van der Waals surface area contributed by atoms with Crippen LogP contribution < -0.4 is 0 Å². The van der Waals surface area contributed by atoms with Crippen LogP contribution in [0.2, 0.25) is 0 Å². The smallest absolute Gasteiger partial charge is 0.179 e. The van der Waals surface area contributed by atoms with Crippen molar-refractivity contribution in [1.29, 1.82) is 0 Å². The quantitative estimate of drug-likeness (QED) is 0.560. The van der Waals surface area contributed by atoms with Gasteiger partial charge in [-0.25, -0.2) is 0 Å². The molecule has 17 heavy (non-hydrogen) atoms. The van der Waals surface area contributed by atoms with Gasteiger partial charge in [-0.05, 0) is 38.7 Å². The summed E-state index contributed by atoms with van der Waals surface area (Å²) in [5, 5.41) is 0. The Kier molecular flexibility index (Phi) is 3.93. The van der Waals surface area contributed by atoms with Crippen LogP contribution in [0.1, 0.15) is 47.4 Å². The summed E-state index contributed by atoms with van der Waals surface area (Å²) in [6.07, 6.45) is 5.38. The average Bonchev–Trinajstić information content (AvgIpc) is 3.09. The summed E-state index contributed by atoms with van der Waals surface area (Å²) in [5.41, 5.74) is 3.04. The molecule has 0 aromatic carbocycles. The summed E-state index contributed by atoms with van der Waals surface area (Å²) >= 11 is 5.62. The van der Waals surface area contributed by atoms with Crippen molar-refractivity contribution in [2.75, 3.05) is 5.88 Å². The molecule has 0 unspecified atom stereocenters. The van der Waals surface area contributed by atoms with E-state index in [0.717, 1.165) is 23.7 Å². The van der Waals surface area contributed by atoms with Crippen molar-refractivity contribution in [2.24, 2.45) is 5.92 Å². The number of alkyl halides is 1. The van der Waals surface area contributed by atoms with Crippen molar-refractivity contribution < 1.29 is 4.79 Å². The number of hydrogen-bond acceptors (Lipinski definition) is 1. The number of aryl methyl sites for hydroxylation is 1. The van der Waals surface area contributed by atoms with Gasteiger partial charge < -0.3 is 4.57 Å². The third kappa shape index (κ3) is 2.92. The highest BCUT2D eigenvalue weighted by molar-refractivity contribution is 6.30. The molecule has 2 nitrogen and oxygen atoms in total. The molecule has 1 fully saturated rings. The molecule has 1 saturated carbocycles. The molecule has 1 aromatic heterocycles. The lowest BCUT2D eigenvalue weighted by molar-refractivity contribution is 0.102. The zero-order valence-corrected chi connectivity index (χ0v) is 11.4. The van der Waals surface area contributed by atoms with Crippen LogP contribution in [0, 0.1) is 19.8 Å². The third-order valence-electron chi connectivity index (χ3n) is 3.69. The Morgan fingerprint density at radius 2 is 2.18 bits per heavy atom. The van der Waals surface area contributed by atoms with Gasteiger partial charge in [0.05, 0.1) is 5.88 Å². The second-order valence-corrected chi connectivity index (χ2v) is 5.35. The minimum Gasteiger partial charge on any atom is -0.348 e. The highest BCUT2D eigenvalue weighted by atomic mass is 35.5. The van der Waals surface area contributed by atoms with E-state index in [0.29, 0.717) is 0 Å². The number of hydrogen-bond donors (Lipinski definition) is 0. The summed E-state index contributed by atoms with van der Waals surface area (Å²) in [6, 6.07) is 1.97. The van der Waals surface area contributed by atoms with Gasteiger partial charge in [-0.2, -0.15) is 0 Å². The molecule has 94 valence electrons. The normalized spacial score (nSPS) is 15.2. The first-order chi connectivity index (χ1) is 8.13. The summed E-state index contributed by atoms with van der Waals surface area (Å²) in [4.78, 5) is 11.6. The Morgan fingerprint density at radius 1 is 1.47 bits per heavy atom. The van der Waals surface area contributed by atoms with E-state index in [1.165, 1.54) is 31.4 Å². The van der Waals surface area contributed by atoms with Gasteiger partial charge in [-0.15, -0.1) is 11.6 Å². The Morgan fingerprint density at radius 3 is 2.76 bits per heavy atom. The average molecular weight is 254 g/mol. The maximum atomic E-state index is 11.6. The topological polar surface area (TPSA) is 22.0 Å². The number of nitrogens with zero attached hydrogens (tertiary/aromatic N) is 1. The summed E-state index contributed by atoms with van der Waals surface area (Å²) < 4.78 is 2.25. The monoisotopic (exact) mass is 253 g/mol. The largest absolute Gasteiger partial charge is 0.348 e. The van der Waals surface area contributed by atoms with Crippen LogP contribution in [0.3, 0.4) is 0 Å². The molecule has 0 amide bonds. The van der Waals surface area contributed by atoms with Gasteiger partial charge in [-0.1, -0.05) is 12.8 Å². The molecule has 3 heteroatoms. The molecule has 1 aromatic rings. The molecule has 0 atom stereocenters. The number of halogens is 1. The van der Waals surface area contributed by atoms with Crippen LogP contribution >= 0.6 is 11.6 Å². The zero-order chi connectivity index (χ0) is 12.4. The van der Waals surface area contributed by atoms with Gasteiger partial charge >= 0.3 is 0 Å². The Bertz CT molecular complexity index is 418. The van der Waals surface area contributed by atoms with E-state index in [9.17, 15) is 4.79 Å². The summed E-state index contributed by atoms with van der Waals surface area (Å²) in [5.74, 6) is 1.09. The van der Waals surface area contributed by atoms with Gasteiger partial charge in [0, 0.05) is 23.5 Å². The van der Waals surface area contributed by atoms with Gasteiger partial charge in [0.15, 0.2) is 5.78 Å². The molecule has 1 aliphatic carbocycles. The van der Waals surface area contributed by atoms with Gasteiger partial charge in [0.1, 0.15) is 0 Å². The van der Waals surface area contributed by atoms with E-state index in [1.807, 2.05) is 13.0 Å². The fourth-order valence-electron chi connectivity index (χ4n) is 2.44. The van der Waals surface area contributed by atoms with Crippen LogP contribution in [0.5, 0.6) is 0 Å². The highest BCUT2D eigenvalue weighted by Crippen LogP contribution is 2.33. The molecule has 0 aliphatic heterocycles. The number of aromatic nitrogens is 1. The predicted molar refractivity (Wildman–Crippen MR) is 70.9 cm³/mol. The van der Waals surface area contributed by atoms with Crippen LogP contribution in [0.25, 0.3) is 0 Å². The van der Waals surface area contributed by atoms with E-state index in [-0.39, 0.29) is 11.7 Å². The van der Waals surface area contributed by atoms with Crippen molar-refractivity contribution >= 4 is 17.4 Å². The van der Waals surface area contributed by atoms with E-state index in [4.69, 9.17) is 11.6 Å². The van der Waals surface area contributed by atoms with Gasteiger partial charge in [0.25, 0.3) is 0 Å². The first kappa shape index (κ1) is 12.7. The fraction of sp³-hybridized carbons (Fsp3) is 0.643. The SMILES string of the molecule is Cc1cc(C(=O)CCl)c(C)n1CCCC1CC1. The van der Waals surface area contributed by atoms with Crippen molar-refractivity contribution in [3.8, 4) is 0 Å². The maximum Gasteiger partial charge on any atom is 0.179 e. The second kappa shape index (κ2) is 5.26.